The van der Waals surface area contributed by atoms with E-state index in [9.17, 15) is 4.79 Å². The van der Waals surface area contributed by atoms with Crippen molar-refractivity contribution in [3.63, 3.8) is 0 Å². The van der Waals surface area contributed by atoms with Gasteiger partial charge in [0.15, 0.2) is 5.69 Å². The molecule has 0 aliphatic carbocycles. The third kappa shape index (κ3) is 4.36. The normalized spacial score (nSPS) is 10.1. The molecule has 0 radical (unpaired) electrons. The molecular formula is C11H18N4O2. The van der Waals surface area contributed by atoms with E-state index in [0.717, 1.165) is 13.0 Å². The summed E-state index contributed by atoms with van der Waals surface area (Å²) in [5.41, 5.74) is 6.77. The molecule has 17 heavy (non-hydrogen) atoms. The fraction of sp³-hybridized carbons (Fsp3) is 0.545. The van der Waals surface area contributed by atoms with Crippen LogP contribution in [0.5, 0.6) is 0 Å². The van der Waals surface area contributed by atoms with Gasteiger partial charge in [0.05, 0.1) is 6.61 Å². The molecule has 0 aromatic carbocycles. The molecule has 0 aliphatic heterocycles. The van der Waals surface area contributed by atoms with Gasteiger partial charge in [0.25, 0.3) is 0 Å². The second-order valence-corrected chi connectivity index (χ2v) is 3.49. The van der Waals surface area contributed by atoms with Gasteiger partial charge >= 0.3 is 5.97 Å². The minimum absolute atomic E-state index is 0.264. The number of hydrazine groups is 1. The molecule has 0 atom stereocenters. The van der Waals surface area contributed by atoms with Crippen LogP contribution in [0.3, 0.4) is 0 Å². The number of ether oxygens (including phenoxy) is 1. The van der Waals surface area contributed by atoms with Crippen LogP contribution in [0.4, 0.5) is 5.95 Å². The van der Waals surface area contributed by atoms with Crippen molar-refractivity contribution in [2.24, 2.45) is 0 Å². The molecule has 0 saturated carbocycles. The molecule has 1 aromatic heterocycles. The number of rotatable bonds is 6. The first-order chi connectivity index (χ1) is 8.17. The maximum atomic E-state index is 11.5. The molecular weight excluding hydrogens is 220 g/mol. The first kappa shape index (κ1) is 13.4. The lowest BCUT2D eigenvalue weighted by molar-refractivity contribution is 0.0519. The molecule has 1 aromatic rings. The summed E-state index contributed by atoms with van der Waals surface area (Å²) >= 11 is 0. The van der Waals surface area contributed by atoms with Crippen LogP contribution in [0.1, 0.15) is 36.5 Å². The quantitative estimate of drug-likeness (QED) is 0.442. The van der Waals surface area contributed by atoms with Crippen LogP contribution in [0.15, 0.2) is 6.07 Å². The molecule has 6 nitrogen and oxygen atoms in total. The zero-order valence-electron chi connectivity index (χ0n) is 10.4. The Morgan fingerprint density at radius 2 is 2.18 bits per heavy atom. The van der Waals surface area contributed by atoms with Crippen LogP contribution < -0.4 is 10.9 Å². The fourth-order valence-corrected chi connectivity index (χ4v) is 1.20. The van der Waals surface area contributed by atoms with E-state index in [4.69, 9.17) is 4.74 Å². The predicted octanol–water partition coefficient (Wildman–Crippen LogP) is 1.29. The highest BCUT2D eigenvalue weighted by Gasteiger charge is 2.10. The highest BCUT2D eigenvalue weighted by atomic mass is 16.5. The topological polar surface area (TPSA) is 76.1 Å². The predicted molar refractivity (Wildman–Crippen MR) is 64.6 cm³/mol. The minimum Gasteiger partial charge on any atom is -0.461 e. The smallest absolute Gasteiger partial charge is 0.357 e. The number of carbonyl (C=O) groups is 1. The number of esters is 1. The van der Waals surface area contributed by atoms with Crippen LogP contribution >= 0.6 is 0 Å². The zero-order chi connectivity index (χ0) is 12.7. The number of aromatic nitrogens is 2. The lowest BCUT2D eigenvalue weighted by Gasteiger charge is -2.08. The molecule has 0 aliphatic rings. The van der Waals surface area contributed by atoms with Crippen LogP contribution in [-0.2, 0) is 4.74 Å². The summed E-state index contributed by atoms with van der Waals surface area (Å²) in [6, 6.07) is 1.60. The number of nitrogens with one attached hydrogen (secondary N) is 2. The van der Waals surface area contributed by atoms with Crippen molar-refractivity contribution < 1.29 is 9.53 Å². The monoisotopic (exact) mass is 238 g/mol. The van der Waals surface area contributed by atoms with E-state index in [1.54, 1.807) is 19.9 Å². The second kappa shape index (κ2) is 6.80. The number of carbonyl (C=O) groups excluding carboxylic acids is 1. The van der Waals surface area contributed by atoms with Gasteiger partial charge < -0.3 is 4.74 Å². The first-order valence-corrected chi connectivity index (χ1v) is 5.69. The van der Waals surface area contributed by atoms with Crippen molar-refractivity contribution in [2.75, 3.05) is 18.6 Å². The van der Waals surface area contributed by atoms with Gasteiger partial charge in [-0.15, -0.1) is 0 Å². The Hall–Kier alpha value is -1.69. The van der Waals surface area contributed by atoms with E-state index in [1.807, 2.05) is 0 Å². The van der Waals surface area contributed by atoms with Crippen molar-refractivity contribution in [3.05, 3.63) is 17.5 Å². The lowest BCUT2D eigenvalue weighted by atomic mass is 10.3. The van der Waals surface area contributed by atoms with Crippen LogP contribution in [0, 0.1) is 6.92 Å². The average Bonchev–Trinajstić information content (AvgIpc) is 2.29. The van der Waals surface area contributed by atoms with Gasteiger partial charge in [-0.2, -0.15) is 0 Å². The largest absolute Gasteiger partial charge is 0.461 e. The van der Waals surface area contributed by atoms with Gasteiger partial charge in [-0.3, -0.25) is 5.43 Å². The third-order valence-corrected chi connectivity index (χ3v) is 1.91. The summed E-state index contributed by atoms with van der Waals surface area (Å²) < 4.78 is 4.89. The van der Waals surface area contributed by atoms with E-state index in [0.29, 0.717) is 18.2 Å². The van der Waals surface area contributed by atoms with E-state index in [-0.39, 0.29) is 5.69 Å². The fourth-order valence-electron chi connectivity index (χ4n) is 1.20. The summed E-state index contributed by atoms with van der Waals surface area (Å²) in [6.45, 7) is 6.74. The number of hydrogen-bond acceptors (Lipinski definition) is 6. The lowest BCUT2D eigenvalue weighted by Crippen LogP contribution is -2.24. The summed E-state index contributed by atoms with van der Waals surface area (Å²) in [5.74, 6) is -0.0574. The van der Waals surface area contributed by atoms with Gasteiger partial charge in [0.1, 0.15) is 0 Å². The average molecular weight is 238 g/mol. The Morgan fingerprint density at radius 1 is 1.41 bits per heavy atom. The second-order valence-electron chi connectivity index (χ2n) is 3.49. The highest BCUT2D eigenvalue weighted by molar-refractivity contribution is 5.87. The molecule has 0 fully saturated rings. The Bertz CT molecular complexity index is 382. The van der Waals surface area contributed by atoms with Crippen LogP contribution in [-0.4, -0.2) is 29.1 Å². The number of hydrogen-bond donors (Lipinski definition) is 2. The Balaban J connectivity index is 2.75. The number of anilines is 1. The molecule has 6 heteroatoms. The molecule has 1 rings (SSSR count). The molecule has 0 unspecified atom stereocenters. The molecule has 94 valence electrons. The van der Waals surface area contributed by atoms with Gasteiger partial charge in [-0.1, -0.05) is 6.92 Å². The van der Waals surface area contributed by atoms with Crippen molar-refractivity contribution in [1.29, 1.82) is 0 Å². The SMILES string of the molecule is CCCNNc1nc(C)cc(C(=O)OCC)n1. The van der Waals surface area contributed by atoms with Gasteiger partial charge in [0.2, 0.25) is 5.95 Å². The Morgan fingerprint density at radius 3 is 2.82 bits per heavy atom. The van der Waals surface area contributed by atoms with Crippen LogP contribution in [0.2, 0.25) is 0 Å². The summed E-state index contributed by atoms with van der Waals surface area (Å²) in [5, 5.41) is 0. The minimum atomic E-state index is -0.434. The van der Waals surface area contributed by atoms with E-state index in [1.165, 1.54) is 0 Å². The summed E-state index contributed by atoms with van der Waals surface area (Å²) in [7, 11) is 0. The van der Waals surface area contributed by atoms with Crippen molar-refractivity contribution in [1.82, 2.24) is 15.4 Å². The molecule has 1 heterocycles. The van der Waals surface area contributed by atoms with E-state index in [2.05, 4.69) is 27.7 Å². The maximum Gasteiger partial charge on any atom is 0.357 e. The third-order valence-electron chi connectivity index (χ3n) is 1.91. The van der Waals surface area contributed by atoms with Gasteiger partial charge in [-0.05, 0) is 26.3 Å². The standard InChI is InChI=1S/C11H18N4O2/c1-4-6-12-15-11-13-8(3)7-9(14-11)10(16)17-5-2/h7,12H,4-6H2,1-3H3,(H,13,14,15). The first-order valence-electron chi connectivity index (χ1n) is 5.69. The molecule has 0 spiro atoms. The van der Waals surface area contributed by atoms with Crippen molar-refractivity contribution >= 4 is 11.9 Å². The molecule has 0 amide bonds. The van der Waals surface area contributed by atoms with E-state index < -0.39 is 5.97 Å². The highest BCUT2D eigenvalue weighted by Crippen LogP contribution is 2.05. The molecule has 0 saturated heterocycles. The van der Waals surface area contributed by atoms with Gasteiger partial charge in [0, 0.05) is 12.2 Å². The maximum absolute atomic E-state index is 11.5. The summed E-state index contributed by atoms with van der Waals surface area (Å²) in [6.07, 6.45) is 0.990. The zero-order valence-corrected chi connectivity index (χ0v) is 10.4. The Kier molecular flexibility index (Phi) is 5.35. The van der Waals surface area contributed by atoms with E-state index >= 15 is 0 Å². The molecule has 2 N–H and O–H groups in total. The van der Waals surface area contributed by atoms with Crippen molar-refractivity contribution in [3.8, 4) is 0 Å². The van der Waals surface area contributed by atoms with Crippen molar-refractivity contribution in [2.45, 2.75) is 27.2 Å². The Labute approximate surface area is 101 Å². The molecule has 0 bridgehead atoms. The number of nitrogens with zero attached hydrogens (tertiary/aromatic N) is 2. The number of aryl methyl sites for hydroxylation is 1. The summed E-state index contributed by atoms with van der Waals surface area (Å²) in [4.78, 5) is 19.7. The van der Waals surface area contributed by atoms with Crippen LogP contribution in [0.25, 0.3) is 0 Å². The van der Waals surface area contributed by atoms with Gasteiger partial charge in [-0.25, -0.2) is 20.2 Å².